The second-order valence-corrected chi connectivity index (χ2v) is 14.3. The van der Waals surface area contributed by atoms with Gasteiger partial charge in [-0.1, -0.05) is 13.3 Å². The lowest BCUT2D eigenvalue weighted by Gasteiger charge is -2.23. The molecular weight excluding hydrogens is 781 g/mol. The van der Waals surface area contributed by atoms with Crippen LogP contribution in [-0.4, -0.2) is 133 Å². The zero-order valence-electron chi connectivity index (χ0n) is 33.8. The number of unbranched alkanes of at least 4 members (excludes halogenated alkanes) is 2. The second kappa shape index (κ2) is 31.8. The molecule has 6 atom stereocenters. The van der Waals surface area contributed by atoms with Gasteiger partial charge in [0.25, 0.3) is 0 Å². The number of hydrogen-bond acceptors (Lipinski definition) is 14. The van der Waals surface area contributed by atoms with Crippen molar-refractivity contribution in [3.05, 3.63) is 0 Å². The van der Waals surface area contributed by atoms with Gasteiger partial charge in [-0.3, -0.25) is 38.6 Å². The Morgan fingerprint density at radius 3 is 1.95 bits per heavy atom. The summed E-state index contributed by atoms with van der Waals surface area (Å²) in [5.74, 6) is -8.98. The molecule has 58 heavy (non-hydrogen) atoms. The highest BCUT2D eigenvalue weighted by atomic mass is 32.1. The molecule has 0 aliphatic rings. The average Bonchev–Trinajstić information content (AvgIpc) is 3.16. The second-order valence-electron chi connectivity index (χ2n) is 14.0. The number of nitrogens with two attached hydrogens (primary N) is 4. The number of guanidine groups is 1. The van der Waals surface area contributed by atoms with E-state index in [1.165, 1.54) is 6.92 Å². The van der Waals surface area contributed by atoms with Crippen molar-refractivity contribution in [1.82, 2.24) is 16.0 Å². The van der Waals surface area contributed by atoms with E-state index in [1.807, 2.05) is 6.92 Å². The highest BCUT2D eigenvalue weighted by Crippen LogP contribution is 2.22. The number of ketones is 3. The molecule has 0 spiro atoms. The number of ether oxygens (including phenoxy) is 2. The molecule has 0 heterocycles. The summed E-state index contributed by atoms with van der Waals surface area (Å²) < 4.78 is 10.9. The maximum Gasteiger partial charge on any atom is 0.327 e. The number of thiol groups is 1. The van der Waals surface area contributed by atoms with E-state index in [2.05, 4.69) is 33.6 Å². The molecule has 21 heteroatoms. The molecule has 3 amide bonds. The number of carbonyl (C=O) groups is 8. The highest BCUT2D eigenvalue weighted by molar-refractivity contribution is 7.80. The lowest BCUT2D eigenvalue weighted by molar-refractivity contribution is -0.143. The number of carboxylic acids is 2. The molecule has 0 fully saturated rings. The minimum absolute atomic E-state index is 0.0293. The summed E-state index contributed by atoms with van der Waals surface area (Å²) in [6.45, 7) is 5.26. The standard InChI is InChI=1S/C37H66N8O12S/c1-3-4-15-56-17-18-57-16-12-26(46)19-24(8-7-14-42-37(40)41)31(48)20-25(21-32(49)50)34(52)44-28(9-5-6-13-38)30(47)11-10-27(39)35(53)43-23(2)33(51)45-29(22-58)36(54)55/h23-25,27-29,58H,3-22,38-39H2,1-2H3,(H,43,53)(H,44,52)(H,45,51)(H,49,50)(H,54,55)(H4,40,41,42)/t23-,24?,25-,27-,28?,29-/m0/s1. The first-order chi connectivity index (χ1) is 27.5. The number of rotatable bonds is 36. The topological polar surface area (TPSA) is 348 Å². The SMILES string of the molecule is CCCCOCCOCCC(=O)CC(CCCN=C(N)N)C(=O)C[C@@H](CC(=O)O)C(=O)NC(CCCCN)C(=O)CC[C@H](N)C(=O)N[C@@H](C)C(=O)N[C@@H](CS)C(=O)O. The first-order valence-electron chi connectivity index (χ1n) is 19.7. The van der Waals surface area contributed by atoms with E-state index < -0.39 is 90.1 Å². The van der Waals surface area contributed by atoms with Crippen LogP contribution in [0.3, 0.4) is 0 Å². The number of aliphatic imine (C=N–C) groups is 1. The Hall–Kier alpha value is -4.18. The van der Waals surface area contributed by atoms with Crippen molar-refractivity contribution in [2.24, 2.45) is 39.8 Å². The van der Waals surface area contributed by atoms with Crippen LogP contribution in [-0.2, 0) is 47.8 Å². The third-order valence-electron chi connectivity index (χ3n) is 8.95. The highest BCUT2D eigenvalue weighted by Gasteiger charge is 2.32. The largest absolute Gasteiger partial charge is 0.481 e. The summed E-state index contributed by atoms with van der Waals surface area (Å²) in [5.41, 5.74) is 22.4. The van der Waals surface area contributed by atoms with E-state index in [0.717, 1.165) is 12.8 Å². The molecule has 0 aromatic rings. The van der Waals surface area contributed by atoms with Gasteiger partial charge < -0.3 is 58.6 Å². The fourth-order valence-electron chi connectivity index (χ4n) is 5.50. The van der Waals surface area contributed by atoms with Crippen LogP contribution in [0.1, 0.15) is 97.3 Å². The van der Waals surface area contributed by atoms with Gasteiger partial charge in [-0.25, -0.2) is 4.79 Å². The van der Waals surface area contributed by atoms with Crippen molar-refractivity contribution in [1.29, 1.82) is 0 Å². The molecule has 0 rings (SSSR count). The quantitative estimate of drug-likeness (QED) is 0.0159. The summed E-state index contributed by atoms with van der Waals surface area (Å²) in [6.07, 6.45) is 1.60. The molecule has 0 aromatic carbocycles. The van der Waals surface area contributed by atoms with E-state index in [4.69, 9.17) is 37.5 Å². The van der Waals surface area contributed by atoms with Gasteiger partial charge in [0, 0.05) is 50.5 Å². The van der Waals surface area contributed by atoms with Gasteiger partial charge in [-0.15, -0.1) is 0 Å². The molecule has 20 nitrogen and oxygen atoms in total. The number of aliphatic carboxylic acids is 2. The molecule has 332 valence electrons. The molecule has 0 saturated carbocycles. The lowest BCUT2D eigenvalue weighted by atomic mass is 9.85. The van der Waals surface area contributed by atoms with Gasteiger partial charge in [0.2, 0.25) is 17.7 Å². The fraction of sp³-hybridized carbons (Fsp3) is 0.757. The van der Waals surface area contributed by atoms with Crippen molar-refractivity contribution in [2.45, 2.75) is 121 Å². The monoisotopic (exact) mass is 846 g/mol. The molecule has 0 saturated heterocycles. The number of nitrogens with zero attached hydrogens (tertiary/aromatic N) is 1. The predicted molar refractivity (Wildman–Crippen MR) is 218 cm³/mol. The van der Waals surface area contributed by atoms with E-state index >= 15 is 0 Å². The van der Waals surface area contributed by atoms with Crippen LogP contribution in [0.5, 0.6) is 0 Å². The smallest absolute Gasteiger partial charge is 0.327 e. The fourth-order valence-corrected chi connectivity index (χ4v) is 5.75. The number of amides is 3. The third-order valence-corrected chi connectivity index (χ3v) is 9.32. The Kier molecular flexibility index (Phi) is 29.5. The van der Waals surface area contributed by atoms with Crippen molar-refractivity contribution >= 4 is 65.6 Å². The number of nitrogens with one attached hydrogen (secondary N) is 3. The summed E-state index contributed by atoms with van der Waals surface area (Å²) >= 11 is 3.88. The van der Waals surface area contributed by atoms with Gasteiger partial charge in [0.05, 0.1) is 44.2 Å². The van der Waals surface area contributed by atoms with Crippen LogP contribution in [0.4, 0.5) is 0 Å². The van der Waals surface area contributed by atoms with Crippen molar-refractivity contribution < 1.29 is 58.0 Å². The third kappa shape index (κ3) is 25.2. The van der Waals surface area contributed by atoms with E-state index in [0.29, 0.717) is 45.6 Å². The molecule has 2 unspecified atom stereocenters. The number of Topliss-reactive ketones (excluding diaryl/α,β-unsaturated/α-hetero) is 3. The molecule has 0 bridgehead atoms. The Morgan fingerprint density at radius 2 is 1.36 bits per heavy atom. The predicted octanol–water partition coefficient (Wildman–Crippen LogP) is -0.817. The molecular formula is C37H66N8O12S. The van der Waals surface area contributed by atoms with Crippen LogP contribution in [0, 0.1) is 11.8 Å². The van der Waals surface area contributed by atoms with Crippen LogP contribution < -0.4 is 38.9 Å². The zero-order valence-corrected chi connectivity index (χ0v) is 34.7. The summed E-state index contributed by atoms with van der Waals surface area (Å²) in [7, 11) is 0. The Labute approximate surface area is 345 Å². The number of hydrogen-bond donors (Lipinski definition) is 10. The Balaban J connectivity index is 5.71. The van der Waals surface area contributed by atoms with Crippen LogP contribution in [0.25, 0.3) is 0 Å². The normalized spacial score (nSPS) is 14.2. The maximum absolute atomic E-state index is 13.6. The van der Waals surface area contributed by atoms with Crippen LogP contribution >= 0.6 is 12.6 Å². The van der Waals surface area contributed by atoms with Crippen LogP contribution in [0.15, 0.2) is 4.99 Å². The average molecular weight is 847 g/mol. The zero-order chi connectivity index (χ0) is 44.0. The molecule has 0 radical (unpaired) electrons. The number of carbonyl (C=O) groups excluding carboxylic acids is 6. The maximum atomic E-state index is 13.6. The van der Waals surface area contributed by atoms with Crippen molar-refractivity contribution in [3.63, 3.8) is 0 Å². The van der Waals surface area contributed by atoms with E-state index in [9.17, 15) is 43.5 Å². The summed E-state index contributed by atoms with van der Waals surface area (Å²) in [5, 5.41) is 26.0. The van der Waals surface area contributed by atoms with Gasteiger partial charge in [-0.2, -0.15) is 12.6 Å². The molecule has 0 aliphatic heterocycles. The first kappa shape index (κ1) is 53.8. The van der Waals surface area contributed by atoms with Gasteiger partial charge in [0.1, 0.15) is 23.7 Å². The lowest BCUT2D eigenvalue weighted by Crippen LogP contribution is -2.53. The van der Waals surface area contributed by atoms with E-state index in [-0.39, 0.29) is 69.2 Å². The van der Waals surface area contributed by atoms with Gasteiger partial charge >= 0.3 is 11.9 Å². The Bertz CT molecular complexity index is 1350. The minimum Gasteiger partial charge on any atom is -0.481 e. The van der Waals surface area contributed by atoms with Gasteiger partial charge in [0.15, 0.2) is 11.7 Å². The van der Waals surface area contributed by atoms with Crippen molar-refractivity contribution in [2.75, 3.05) is 45.3 Å². The molecule has 0 aliphatic carbocycles. The summed E-state index contributed by atoms with van der Waals surface area (Å²) in [6, 6.07) is -4.84. The Morgan fingerprint density at radius 1 is 0.707 bits per heavy atom. The van der Waals surface area contributed by atoms with Crippen LogP contribution in [0.2, 0.25) is 0 Å². The van der Waals surface area contributed by atoms with E-state index in [1.54, 1.807) is 0 Å². The van der Waals surface area contributed by atoms with Gasteiger partial charge in [-0.05, 0) is 58.4 Å². The molecule has 13 N–H and O–H groups in total. The molecule has 0 aromatic heterocycles. The van der Waals surface area contributed by atoms with Crippen molar-refractivity contribution in [3.8, 4) is 0 Å². The minimum atomic E-state index is -1.38. The first-order valence-corrected chi connectivity index (χ1v) is 20.3. The summed E-state index contributed by atoms with van der Waals surface area (Å²) in [4.78, 5) is 106. The number of carboxylic acid groups (broad SMARTS) is 2.